The monoisotopic (exact) mass is 1170 g/mol. The van der Waals surface area contributed by atoms with Crippen molar-refractivity contribution in [1.29, 1.82) is 0 Å². The highest BCUT2D eigenvalue weighted by molar-refractivity contribution is 5.96. The Bertz CT molecular complexity index is 3360. The molecule has 0 fully saturated rings. The van der Waals surface area contributed by atoms with Gasteiger partial charge in [-0.25, -0.2) is 19.9 Å². The third kappa shape index (κ3) is 12.2. The summed E-state index contributed by atoms with van der Waals surface area (Å²) in [5, 5.41) is 33.4. The van der Waals surface area contributed by atoms with E-state index in [4.69, 9.17) is 25.0 Å². The number of fused-ring (bicyclic) bond motifs is 10. The Balaban J connectivity index is 1.30. The van der Waals surface area contributed by atoms with Crippen LogP contribution in [0, 0.1) is 0 Å². The summed E-state index contributed by atoms with van der Waals surface area (Å²) in [4.78, 5) is 47.5. The molecule has 5 aromatic heterocycles. The van der Waals surface area contributed by atoms with E-state index in [-0.39, 0.29) is 55.2 Å². The molecule has 8 rings (SSSR count). The SMILES string of the molecule is CC(C)Oc1cc(CN2CCCCC[C@](O)(C(F)(F)F)c3nnc(o3)-c3nc(c(C(F)(F)F)cc3N)C2=O)cc(-[n+]2nc3oc2-c2nc(c(C(F)(F)F)cc2N)C(=O)N(Cc2cnc(C(C)(C)C)nc2)CCCCC[C@]3(O)C(F)(F)F)c1. The maximum Gasteiger partial charge on any atom is 0.435 e. The summed E-state index contributed by atoms with van der Waals surface area (Å²) in [6, 6.07) is 4.05. The van der Waals surface area contributed by atoms with Crippen LogP contribution < -0.4 is 20.9 Å². The summed E-state index contributed by atoms with van der Waals surface area (Å²) in [5.41, 5.74) is -5.89. The summed E-state index contributed by atoms with van der Waals surface area (Å²) in [6.07, 6.45) is -23.4. The van der Waals surface area contributed by atoms with Crippen LogP contribution in [0.4, 0.5) is 64.1 Å². The molecule has 31 heteroatoms. The molecule has 1 aromatic carbocycles. The fraction of sp³-hybridized carbons (Fsp3) is 0.490. The average molecular weight is 1170 g/mol. The van der Waals surface area contributed by atoms with Crippen LogP contribution in [0.15, 0.2) is 51.6 Å². The van der Waals surface area contributed by atoms with E-state index in [9.17, 15) is 46.1 Å². The van der Waals surface area contributed by atoms with Gasteiger partial charge >= 0.3 is 36.5 Å². The van der Waals surface area contributed by atoms with Gasteiger partial charge in [-0.15, -0.1) is 10.2 Å². The van der Waals surface area contributed by atoms with Gasteiger partial charge in [0.25, 0.3) is 23.6 Å². The first kappa shape index (κ1) is 60.4. The highest BCUT2D eigenvalue weighted by Crippen LogP contribution is 2.46. The zero-order chi connectivity index (χ0) is 60.3. The van der Waals surface area contributed by atoms with Crippen molar-refractivity contribution in [2.45, 2.75) is 147 Å². The van der Waals surface area contributed by atoms with Crippen LogP contribution in [0.25, 0.3) is 28.9 Å². The zero-order valence-corrected chi connectivity index (χ0v) is 44.2. The maximum absolute atomic E-state index is 15.3. The molecule has 19 nitrogen and oxygen atoms in total. The quantitative estimate of drug-likeness (QED) is 0.0856. The van der Waals surface area contributed by atoms with Gasteiger partial charge in [0, 0.05) is 60.7 Å². The number of hydrogen-bond acceptors (Lipinski definition) is 16. The number of nitrogen functional groups attached to an aromatic ring is 2. The number of amides is 2. The second-order valence-electron chi connectivity index (χ2n) is 21.1. The molecule has 0 saturated carbocycles. The van der Waals surface area contributed by atoms with E-state index in [0.29, 0.717) is 16.6 Å². The van der Waals surface area contributed by atoms with E-state index >= 15 is 26.3 Å². The number of halogens is 12. The summed E-state index contributed by atoms with van der Waals surface area (Å²) < 4.78 is 196. The van der Waals surface area contributed by atoms with Crippen molar-refractivity contribution >= 4 is 23.2 Å². The van der Waals surface area contributed by atoms with E-state index < -0.39 is 179 Å². The Hall–Kier alpha value is -7.70. The first-order chi connectivity index (χ1) is 38.0. The third-order valence-electron chi connectivity index (χ3n) is 13.4. The topological polar surface area (TPSA) is 263 Å². The molecule has 0 spiro atoms. The number of rotatable bonds is 7. The molecule has 0 saturated heterocycles. The minimum atomic E-state index is -5.56. The number of benzene rings is 1. The molecular weight excluding hydrogens is 1120 g/mol. The van der Waals surface area contributed by atoms with Gasteiger partial charge in [-0.05, 0) is 80.8 Å². The molecule has 6 aromatic rings. The molecule has 2 amide bonds. The smallest absolute Gasteiger partial charge is 0.435 e. The molecule has 0 unspecified atom stereocenters. The number of alkyl halides is 12. The van der Waals surface area contributed by atoms with E-state index in [2.05, 4.69) is 35.2 Å². The molecule has 8 bridgehead atoms. The molecule has 0 radical (unpaired) electrons. The zero-order valence-electron chi connectivity index (χ0n) is 44.2. The number of pyridine rings is 2. The highest BCUT2D eigenvalue weighted by atomic mass is 19.4. The summed E-state index contributed by atoms with van der Waals surface area (Å²) >= 11 is 0. The molecular formula is C51H53F12N12O7+. The van der Waals surface area contributed by atoms with Crippen LogP contribution in [0.2, 0.25) is 0 Å². The second-order valence-corrected chi connectivity index (χ2v) is 21.1. The van der Waals surface area contributed by atoms with Gasteiger partial charge in [-0.1, -0.05) is 33.6 Å². The molecule has 442 valence electrons. The molecule has 82 heavy (non-hydrogen) atoms. The Kier molecular flexibility index (Phi) is 16.1. The molecule has 7 heterocycles. The first-order valence-corrected chi connectivity index (χ1v) is 25.3. The van der Waals surface area contributed by atoms with Crippen molar-refractivity contribution < 1.29 is 90.7 Å². The number of carbonyl (C=O) groups is 2. The van der Waals surface area contributed by atoms with Crippen LogP contribution in [-0.4, -0.2) is 98.6 Å². The molecule has 0 aliphatic carbocycles. The predicted octanol–water partition coefficient (Wildman–Crippen LogP) is 9.47. The van der Waals surface area contributed by atoms with Crippen molar-refractivity contribution in [3.05, 3.63) is 94.0 Å². The minimum absolute atomic E-state index is 0.0977. The standard InChI is InChI=1S/C51H52F12N12O7/c1-25(2)80-29-17-26(23-73-14-10-6-8-12-46(78,50(58,59)60)43-71-70-38(81-43)36-32(64)19-30(48(52,53)54)34(68-36)39(73)76)16-28(18-29)75-41-37-33(65)20-31(49(55,56)57)35(69-37)40(77)74(24-27-21-66-42(67-22-27)45(3,4)5)15-11-7-9-13-47(79,51(61,62)63)44(72-75)82-41/h16-22,25,65,78-79H,6-15,23-24H2,1-5H3,(H2,64,70,76)/p+1/t46-,47-/m1/s1. The van der Waals surface area contributed by atoms with Crippen LogP contribution in [-0.2, 0) is 42.1 Å². The van der Waals surface area contributed by atoms with Crippen molar-refractivity contribution in [3.63, 3.8) is 0 Å². The summed E-state index contributed by atoms with van der Waals surface area (Å²) in [6.45, 7) is 6.53. The van der Waals surface area contributed by atoms with Crippen molar-refractivity contribution in [2.75, 3.05) is 24.6 Å². The minimum Gasteiger partial charge on any atom is -0.491 e. The van der Waals surface area contributed by atoms with Crippen molar-refractivity contribution in [2.24, 2.45) is 0 Å². The van der Waals surface area contributed by atoms with Gasteiger partial charge in [0.05, 0.1) is 34.7 Å². The number of ether oxygens (including phenoxy) is 1. The van der Waals surface area contributed by atoms with Crippen LogP contribution in [0.5, 0.6) is 5.75 Å². The first-order valence-electron chi connectivity index (χ1n) is 25.3. The van der Waals surface area contributed by atoms with Crippen molar-refractivity contribution in [3.8, 4) is 34.6 Å². The summed E-state index contributed by atoms with van der Waals surface area (Å²) in [5.74, 6) is -7.39. The van der Waals surface area contributed by atoms with Gasteiger partial charge in [0.2, 0.25) is 22.6 Å². The number of carbonyl (C=O) groups excluding carboxylic acids is 2. The average Bonchev–Trinajstić information content (AvgIpc) is 2.80. The van der Waals surface area contributed by atoms with Crippen LogP contribution >= 0.6 is 0 Å². The van der Waals surface area contributed by atoms with Gasteiger partial charge in [-0.3, -0.25) is 9.59 Å². The lowest BCUT2D eigenvalue weighted by Crippen LogP contribution is -2.44. The van der Waals surface area contributed by atoms with E-state index in [1.807, 2.05) is 20.8 Å². The Labute approximate surface area is 457 Å². The Morgan fingerprint density at radius 2 is 1.15 bits per heavy atom. The normalized spacial score (nSPS) is 19.3. The number of nitrogens with two attached hydrogens (primary N) is 2. The highest BCUT2D eigenvalue weighted by Gasteiger charge is 2.61. The molecule has 6 N–H and O–H groups in total. The Morgan fingerprint density at radius 3 is 1.65 bits per heavy atom. The number of hydrogen-bond donors (Lipinski definition) is 4. The lowest BCUT2D eigenvalue weighted by molar-refractivity contribution is -0.649. The van der Waals surface area contributed by atoms with Crippen molar-refractivity contribution in [1.82, 2.24) is 45.0 Å². The number of aliphatic hydroxyl groups is 2. The van der Waals surface area contributed by atoms with Crippen LogP contribution in [0.3, 0.4) is 0 Å². The van der Waals surface area contributed by atoms with Gasteiger partial charge in [0.1, 0.15) is 23.0 Å². The second kappa shape index (κ2) is 21.9. The number of anilines is 2. The molecule has 2 aliphatic heterocycles. The van der Waals surface area contributed by atoms with Crippen LogP contribution in [0.1, 0.15) is 147 Å². The number of nitrogens with zero attached hydrogens (tertiary/aromatic N) is 10. The fourth-order valence-electron chi connectivity index (χ4n) is 9.15. The molecule has 2 atom stereocenters. The van der Waals surface area contributed by atoms with Gasteiger partial charge in [0.15, 0.2) is 5.69 Å². The number of aromatic nitrogens is 8. The molecule has 2 aliphatic rings. The van der Waals surface area contributed by atoms with E-state index in [1.54, 1.807) is 0 Å². The third-order valence-corrected chi connectivity index (χ3v) is 13.4. The van der Waals surface area contributed by atoms with E-state index in [1.165, 1.54) is 32.3 Å². The van der Waals surface area contributed by atoms with Gasteiger partial charge < -0.3 is 45.1 Å². The summed E-state index contributed by atoms with van der Waals surface area (Å²) in [7, 11) is 0. The lowest BCUT2D eigenvalue weighted by Gasteiger charge is -2.28. The predicted molar refractivity (Wildman–Crippen MR) is 260 cm³/mol. The maximum atomic E-state index is 15.3. The van der Waals surface area contributed by atoms with E-state index in [0.717, 1.165) is 21.9 Å². The lowest BCUT2D eigenvalue weighted by atomic mass is 9.95. The largest absolute Gasteiger partial charge is 0.491 e. The Morgan fingerprint density at radius 1 is 0.646 bits per heavy atom. The fourth-order valence-corrected chi connectivity index (χ4v) is 9.15. The van der Waals surface area contributed by atoms with Gasteiger partial charge in [-0.2, -0.15) is 52.7 Å².